The third kappa shape index (κ3) is 2.62. The van der Waals surface area contributed by atoms with Crippen molar-refractivity contribution in [2.24, 2.45) is 11.3 Å². The molecule has 100 valence electrons. The van der Waals surface area contributed by atoms with E-state index in [2.05, 4.69) is 28.7 Å². The molecule has 0 aromatic carbocycles. The van der Waals surface area contributed by atoms with Crippen LogP contribution in [-0.4, -0.2) is 39.7 Å². The van der Waals surface area contributed by atoms with Crippen molar-refractivity contribution >= 4 is 5.82 Å². The van der Waals surface area contributed by atoms with E-state index in [-0.39, 0.29) is 12.0 Å². The van der Waals surface area contributed by atoms with Gasteiger partial charge in [-0.05, 0) is 24.9 Å². The Morgan fingerprint density at radius 2 is 2.33 bits per heavy atom. The van der Waals surface area contributed by atoms with Gasteiger partial charge in [-0.2, -0.15) is 0 Å². The first-order valence-electron chi connectivity index (χ1n) is 6.46. The number of hydrogen-bond acceptors (Lipinski definition) is 5. The van der Waals surface area contributed by atoms with Crippen LogP contribution in [0.15, 0.2) is 12.3 Å². The number of likely N-dealkylation sites (tertiary alicyclic amines) is 1. The smallest absolute Gasteiger partial charge is 0.144 e. The second-order valence-corrected chi connectivity index (χ2v) is 5.53. The molecule has 0 spiro atoms. The van der Waals surface area contributed by atoms with E-state index >= 15 is 0 Å². The van der Waals surface area contributed by atoms with E-state index in [4.69, 9.17) is 5.73 Å². The summed E-state index contributed by atoms with van der Waals surface area (Å²) >= 11 is 0. The van der Waals surface area contributed by atoms with Gasteiger partial charge in [-0.25, -0.2) is 9.97 Å². The highest BCUT2D eigenvalue weighted by atomic mass is 16.3. The molecule has 0 saturated carbocycles. The van der Waals surface area contributed by atoms with Crippen LogP contribution in [0.5, 0.6) is 0 Å². The van der Waals surface area contributed by atoms with Gasteiger partial charge in [0.05, 0.1) is 13.2 Å². The molecule has 1 aromatic heterocycles. The third-order valence-electron chi connectivity index (χ3n) is 4.10. The maximum atomic E-state index is 9.64. The minimum absolute atomic E-state index is 0.0281. The number of rotatable bonds is 4. The molecule has 5 nitrogen and oxygen atoms in total. The van der Waals surface area contributed by atoms with E-state index in [0.29, 0.717) is 18.3 Å². The molecule has 5 heteroatoms. The van der Waals surface area contributed by atoms with Crippen molar-refractivity contribution in [2.75, 3.05) is 25.4 Å². The summed E-state index contributed by atoms with van der Waals surface area (Å²) in [5.74, 6) is 1.75. The molecular weight excluding hydrogens is 228 g/mol. The van der Waals surface area contributed by atoms with Gasteiger partial charge in [0.15, 0.2) is 0 Å². The fourth-order valence-electron chi connectivity index (χ4n) is 2.59. The summed E-state index contributed by atoms with van der Waals surface area (Å²) < 4.78 is 0. The van der Waals surface area contributed by atoms with Gasteiger partial charge in [0.1, 0.15) is 11.6 Å². The SMILES string of the molecule is CC(C)C1(CO)CCN(Cc2nccc(N)n2)C1. The number of aliphatic hydroxyl groups is 1. The number of nitrogens with zero attached hydrogens (tertiary/aromatic N) is 3. The summed E-state index contributed by atoms with van der Waals surface area (Å²) in [6.45, 7) is 7.20. The quantitative estimate of drug-likeness (QED) is 0.830. The van der Waals surface area contributed by atoms with Gasteiger partial charge in [0, 0.05) is 18.2 Å². The van der Waals surface area contributed by atoms with Crippen molar-refractivity contribution in [1.29, 1.82) is 0 Å². The molecule has 1 saturated heterocycles. The second-order valence-electron chi connectivity index (χ2n) is 5.53. The average Bonchev–Trinajstić information content (AvgIpc) is 2.74. The van der Waals surface area contributed by atoms with E-state index in [9.17, 15) is 5.11 Å². The summed E-state index contributed by atoms with van der Waals surface area (Å²) in [5.41, 5.74) is 5.68. The molecule has 1 aromatic rings. The van der Waals surface area contributed by atoms with Crippen LogP contribution < -0.4 is 5.73 Å². The zero-order valence-electron chi connectivity index (χ0n) is 11.1. The zero-order chi connectivity index (χ0) is 13.2. The molecule has 0 amide bonds. The molecule has 1 aliphatic rings. The Balaban J connectivity index is 2.01. The van der Waals surface area contributed by atoms with Gasteiger partial charge in [0.25, 0.3) is 0 Å². The van der Waals surface area contributed by atoms with Gasteiger partial charge >= 0.3 is 0 Å². The molecule has 0 bridgehead atoms. The summed E-state index contributed by atoms with van der Waals surface area (Å²) in [4.78, 5) is 10.7. The highest BCUT2D eigenvalue weighted by molar-refractivity contribution is 5.25. The first-order valence-corrected chi connectivity index (χ1v) is 6.46. The van der Waals surface area contributed by atoms with Crippen LogP contribution in [0.2, 0.25) is 0 Å². The molecule has 0 radical (unpaired) electrons. The van der Waals surface area contributed by atoms with Crippen LogP contribution >= 0.6 is 0 Å². The second kappa shape index (κ2) is 5.20. The molecule has 3 N–H and O–H groups in total. The van der Waals surface area contributed by atoms with Gasteiger partial charge < -0.3 is 10.8 Å². The molecule has 1 atom stereocenters. The topological polar surface area (TPSA) is 75.3 Å². The Morgan fingerprint density at radius 1 is 1.56 bits per heavy atom. The first-order chi connectivity index (χ1) is 8.55. The molecule has 2 rings (SSSR count). The lowest BCUT2D eigenvalue weighted by molar-refractivity contribution is 0.0817. The van der Waals surface area contributed by atoms with E-state index in [1.165, 1.54) is 0 Å². The van der Waals surface area contributed by atoms with Crippen LogP contribution in [-0.2, 0) is 6.54 Å². The summed E-state index contributed by atoms with van der Waals surface area (Å²) in [7, 11) is 0. The number of nitrogens with two attached hydrogens (primary N) is 1. The van der Waals surface area contributed by atoms with E-state index < -0.39 is 0 Å². The monoisotopic (exact) mass is 250 g/mol. The minimum Gasteiger partial charge on any atom is -0.396 e. The van der Waals surface area contributed by atoms with E-state index in [1.807, 2.05) is 0 Å². The summed E-state index contributed by atoms with van der Waals surface area (Å²) in [6.07, 6.45) is 2.72. The number of anilines is 1. The van der Waals surface area contributed by atoms with E-state index in [0.717, 1.165) is 25.3 Å². The molecule has 18 heavy (non-hydrogen) atoms. The summed E-state index contributed by atoms with van der Waals surface area (Å²) in [5, 5.41) is 9.64. The van der Waals surface area contributed by atoms with Crippen molar-refractivity contribution in [3.8, 4) is 0 Å². The van der Waals surface area contributed by atoms with Gasteiger partial charge in [-0.3, -0.25) is 4.90 Å². The number of nitrogen functional groups attached to an aromatic ring is 1. The van der Waals surface area contributed by atoms with Gasteiger partial charge in [-0.1, -0.05) is 13.8 Å². The Labute approximate surface area is 108 Å². The molecular formula is C13H22N4O. The van der Waals surface area contributed by atoms with E-state index in [1.54, 1.807) is 12.3 Å². The number of aliphatic hydroxyl groups excluding tert-OH is 1. The molecule has 2 heterocycles. The Kier molecular flexibility index (Phi) is 3.82. The third-order valence-corrected chi connectivity index (χ3v) is 4.10. The molecule has 1 fully saturated rings. The molecule has 1 unspecified atom stereocenters. The normalized spacial score (nSPS) is 24.9. The van der Waals surface area contributed by atoms with Crippen molar-refractivity contribution in [3.63, 3.8) is 0 Å². The van der Waals surface area contributed by atoms with Crippen LogP contribution in [0.3, 0.4) is 0 Å². The lowest BCUT2D eigenvalue weighted by Crippen LogP contribution is -2.35. The van der Waals surface area contributed by atoms with Crippen LogP contribution in [0.1, 0.15) is 26.1 Å². The van der Waals surface area contributed by atoms with Gasteiger partial charge in [0.2, 0.25) is 0 Å². The fourth-order valence-corrected chi connectivity index (χ4v) is 2.59. The fraction of sp³-hybridized carbons (Fsp3) is 0.692. The molecule has 0 aliphatic carbocycles. The number of hydrogen-bond donors (Lipinski definition) is 2. The lowest BCUT2D eigenvalue weighted by atomic mass is 9.77. The van der Waals surface area contributed by atoms with Crippen molar-refractivity contribution in [1.82, 2.24) is 14.9 Å². The first kappa shape index (κ1) is 13.2. The van der Waals surface area contributed by atoms with Crippen molar-refractivity contribution in [2.45, 2.75) is 26.8 Å². The Morgan fingerprint density at radius 3 is 2.89 bits per heavy atom. The summed E-state index contributed by atoms with van der Waals surface area (Å²) in [6, 6.07) is 1.69. The maximum Gasteiger partial charge on any atom is 0.144 e. The minimum atomic E-state index is 0.0281. The van der Waals surface area contributed by atoms with Crippen molar-refractivity contribution in [3.05, 3.63) is 18.1 Å². The van der Waals surface area contributed by atoms with Crippen LogP contribution in [0, 0.1) is 11.3 Å². The molecule has 1 aliphatic heterocycles. The zero-order valence-corrected chi connectivity index (χ0v) is 11.1. The van der Waals surface area contributed by atoms with Gasteiger partial charge in [-0.15, -0.1) is 0 Å². The predicted molar refractivity (Wildman–Crippen MR) is 70.7 cm³/mol. The average molecular weight is 250 g/mol. The highest BCUT2D eigenvalue weighted by Gasteiger charge is 2.40. The largest absolute Gasteiger partial charge is 0.396 e. The van der Waals surface area contributed by atoms with Crippen molar-refractivity contribution < 1.29 is 5.11 Å². The van der Waals surface area contributed by atoms with Crippen LogP contribution in [0.4, 0.5) is 5.82 Å². The maximum absolute atomic E-state index is 9.64. The predicted octanol–water partition coefficient (Wildman–Crippen LogP) is 0.899. The Hall–Kier alpha value is -1.20. The Bertz CT molecular complexity index is 410. The highest BCUT2D eigenvalue weighted by Crippen LogP contribution is 2.37. The standard InChI is InChI=1S/C13H22N4O/c1-10(2)13(9-18)4-6-17(8-13)7-12-15-5-3-11(14)16-12/h3,5,10,18H,4,6-9H2,1-2H3,(H2,14,15,16). The van der Waals surface area contributed by atoms with Crippen LogP contribution in [0.25, 0.3) is 0 Å². The number of aromatic nitrogens is 2. The lowest BCUT2D eigenvalue weighted by Gasteiger charge is -2.31.